The third-order valence-corrected chi connectivity index (χ3v) is 1.72. The van der Waals surface area contributed by atoms with Crippen LogP contribution in [0.15, 0.2) is 0 Å². The Morgan fingerprint density at radius 3 is 3.09 bits per heavy atom. The van der Waals surface area contributed by atoms with Crippen LogP contribution in [-0.2, 0) is 4.74 Å². The number of hydrogen-bond acceptors (Lipinski definition) is 3. The molecule has 0 spiro atoms. The number of ether oxygens (including phenoxy) is 1. The third-order valence-electron chi connectivity index (χ3n) is 1.72. The third kappa shape index (κ3) is 1.43. The van der Waals surface area contributed by atoms with Crippen LogP contribution >= 0.6 is 0 Å². The Bertz CT molecular complexity index is 197. The quantitative estimate of drug-likeness (QED) is 0.559. The average molecular weight is 154 g/mol. The van der Waals surface area contributed by atoms with Crippen molar-refractivity contribution in [1.82, 2.24) is 4.90 Å². The number of hydrogen-bond donors (Lipinski definition) is 0. The Hall–Kier alpha value is -1.24. The van der Waals surface area contributed by atoms with Crippen molar-refractivity contribution in [2.24, 2.45) is 0 Å². The molecule has 0 aromatic rings. The van der Waals surface area contributed by atoms with Crippen LogP contribution in [0.4, 0.5) is 4.79 Å². The fourth-order valence-electron chi connectivity index (χ4n) is 1.11. The van der Waals surface area contributed by atoms with E-state index < -0.39 is 0 Å². The van der Waals surface area contributed by atoms with Gasteiger partial charge in [0.25, 0.3) is 0 Å². The lowest BCUT2D eigenvalue weighted by Gasteiger charge is -2.29. The summed E-state index contributed by atoms with van der Waals surface area (Å²) < 4.78 is 4.75. The molecule has 0 bridgehead atoms. The smallest absolute Gasteiger partial charge is 0.410 e. The summed E-state index contributed by atoms with van der Waals surface area (Å²) in [7, 11) is 0. The molecule has 4 nitrogen and oxygen atoms in total. The first-order valence-corrected chi connectivity index (χ1v) is 3.62. The first-order chi connectivity index (χ1) is 5.29. The first kappa shape index (κ1) is 7.86. The maximum Gasteiger partial charge on any atom is 0.410 e. The minimum absolute atomic E-state index is 0.291. The van der Waals surface area contributed by atoms with Crippen LogP contribution < -0.4 is 0 Å². The molecule has 1 fully saturated rings. The molecule has 11 heavy (non-hydrogen) atoms. The van der Waals surface area contributed by atoms with E-state index in [-0.39, 0.29) is 12.1 Å². The molecule has 60 valence electrons. The van der Waals surface area contributed by atoms with Crippen molar-refractivity contribution in [1.29, 1.82) is 5.26 Å². The molecule has 0 N–H and O–H groups in total. The van der Waals surface area contributed by atoms with E-state index in [0.29, 0.717) is 19.6 Å². The second-order valence-electron chi connectivity index (χ2n) is 2.33. The molecule has 1 heterocycles. The lowest BCUT2D eigenvalue weighted by molar-refractivity contribution is 0.0603. The number of nitrogens with zero attached hydrogens (tertiary/aromatic N) is 2. The molecule has 1 aliphatic rings. The normalized spacial score (nSPS) is 24.2. The van der Waals surface area contributed by atoms with E-state index in [1.807, 2.05) is 6.92 Å². The van der Waals surface area contributed by atoms with Gasteiger partial charge in [0.05, 0.1) is 12.7 Å². The predicted octanol–water partition coefficient (Wildman–Crippen LogP) is 0.741. The van der Waals surface area contributed by atoms with Crippen LogP contribution in [0, 0.1) is 11.3 Å². The van der Waals surface area contributed by atoms with E-state index in [1.165, 1.54) is 4.90 Å². The highest BCUT2D eigenvalue weighted by molar-refractivity contribution is 5.69. The molecule has 4 heteroatoms. The van der Waals surface area contributed by atoms with Gasteiger partial charge in [-0.15, -0.1) is 0 Å². The molecule has 0 saturated carbocycles. The number of cyclic esters (lactones) is 1. The van der Waals surface area contributed by atoms with Gasteiger partial charge in [0.2, 0.25) is 0 Å². The standard InChI is InChI=1S/C7H10N2O2/c1-2-9-6(5-8)3-4-11-7(9)10/h6H,2-4H2,1H3. The van der Waals surface area contributed by atoms with Gasteiger partial charge in [-0.25, -0.2) is 4.79 Å². The highest BCUT2D eigenvalue weighted by atomic mass is 16.6. The number of carbonyl (C=O) groups is 1. The van der Waals surface area contributed by atoms with Crippen LogP contribution in [0.25, 0.3) is 0 Å². The molecule has 1 saturated heterocycles. The summed E-state index contributed by atoms with van der Waals surface area (Å²) in [6.07, 6.45) is 0.251. The predicted molar refractivity (Wildman–Crippen MR) is 37.7 cm³/mol. The van der Waals surface area contributed by atoms with Gasteiger partial charge in [-0.05, 0) is 6.92 Å². The van der Waals surface area contributed by atoms with Gasteiger partial charge in [0.15, 0.2) is 0 Å². The van der Waals surface area contributed by atoms with E-state index in [4.69, 9.17) is 10.00 Å². The van der Waals surface area contributed by atoms with Crippen LogP contribution in [-0.4, -0.2) is 30.2 Å². The maximum absolute atomic E-state index is 10.9. The number of nitriles is 1. The fraction of sp³-hybridized carbons (Fsp3) is 0.714. The van der Waals surface area contributed by atoms with Crippen LogP contribution in [0.3, 0.4) is 0 Å². The lowest BCUT2D eigenvalue weighted by Crippen LogP contribution is -2.44. The highest BCUT2D eigenvalue weighted by Crippen LogP contribution is 2.11. The second-order valence-corrected chi connectivity index (χ2v) is 2.33. The molecular formula is C7H10N2O2. The van der Waals surface area contributed by atoms with Gasteiger partial charge in [-0.3, -0.25) is 4.90 Å². The molecule has 1 atom stereocenters. The zero-order valence-corrected chi connectivity index (χ0v) is 6.41. The van der Waals surface area contributed by atoms with E-state index in [2.05, 4.69) is 6.07 Å². The van der Waals surface area contributed by atoms with Gasteiger partial charge in [0.1, 0.15) is 6.04 Å². The minimum atomic E-state index is -0.370. The van der Waals surface area contributed by atoms with E-state index in [1.54, 1.807) is 0 Å². The minimum Gasteiger partial charge on any atom is -0.449 e. The molecule has 0 aliphatic carbocycles. The van der Waals surface area contributed by atoms with Gasteiger partial charge in [-0.1, -0.05) is 0 Å². The zero-order chi connectivity index (χ0) is 8.27. The summed E-state index contributed by atoms with van der Waals surface area (Å²) in [5.41, 5.74) is 0. The number of rotatable bonds is 1. The Balaban J connectivity index is 2.65. The van der Waals surface area contributed by atoms with Gasteiger partial charge < -0.3 is 4.74 Å². The summed E-state index contributed by atoms with van der Waals surface area (Å²) in [6, 6.07) is 1.77. The molecule has 1 rings (SSSR count). The van der Waals surface area contributed by atoms with Crippen LogP contribution in [0.2, 0.25) is 0 Å². The number of carbonyl (C=O) groups excluding carboxylic acids is 1. The zero-order valence-electron chi connectivity index (χ0n) is 6.41. The summed E-state index contributed by atoms with van der Waals surface area (Å²) in [6.45, 7) is 2.74. The van der Waals surface area contributed by atoms with Crippen molar-refractivity contribution in [2.75, 3.05) is 13.2 Å². The summed E-state index contributed by atoms with van der Waals surface area (Å²) >= 11 is 0. The Morgan fingerprint density at radius 1 is 1.91 bits per heavy atom. The molecule has 1 amide bonds. The Kier molecular flexibility index (Phi) is 2.32. The molecule has 0 aromatic carbocycles. The van der Waals surface area contributed by atoms with Crippen molar-refractivity contribution < 1.29 is 9.53 Å². The monoisotopic (exact) mass is 154 g/mol. The largest absolute Gasteiger partial charge is 0.449 e. The highest BCUT2D eigenvalue weighted by Gasteiger charge is 2.27. The van der Waals surface area contributed by atoms with E-state index >= 15 is 0 Å². The van der Waals surface area contributed by atoms with Gasteiger partial charge >= 0.3 is 6.09 Å². The van der Waals surface area contributed by atoms with Crippen molar-refractivity contribution in [3.63, 3.8) is 0 Å². The molecule has 1 aliphatic heterocycles. The van der Waals surface area contributed by atoms with E-state index in [9.17, 15) is 4.79 Å². The first-order valence-electron chi connectivity index (χ1n) is 3.62. The summed E-state index contributed by atoms with van der Waals surface area (Å²) in [4.78, 5) is 12.4. The topological polar surface area (TPSA) is 53.3 Å². The molecule has 1 unspecified atom stereocenters. The van der Waals surface area contributed by atoms with E-state index in [0.717, 1.165) is 0 Å². The van der Waals surface area contributed by atoms with Crippen LogP contribution in [0.5, 0.6) is 0 Å². The fourth-order valence-corrected chi connectivity index (χ4v) is 1.11. The maximum atomic E-state index is 10.9. The average Bonchev–Trinajstić information content (AvgIpc) is 2.04. The molecular weight excluding hydrogens is 144 g/mol. The van der Waals surface area contributed by atoms with Crippen molar-refractivity contribution in [2.45, 2.75) is 19.4 Å². The molecule has 0 radical (unpaired) electrons. The summed E-state index contributed by atoms with van der Waals surface area (Å²) in [5, 5.41) is 8.61. The van der Waals surface area contributed by atoms with Gasteiger partial charge in [0, 0.05) is 13.0 Å². The molecule has 0 aromatic heterocycles. The Labute approximate surface area is 65.4 Å². The van der Waals surface area contributed by atoms with Gasteiger partial charge in [-0.2, -0.15) is 5.26 Å². The Morgan fingerprint density at radius 2 is 2.64 bits per heavy atom. The second kappa shape index (κ2) is 3.24. The summed E-state index contributed by atoms with van der Waals surface area (Å²) in [5.74, 6) is 0. The van der Waals surface area contributed by atoms with Crippen molar-refractivity contribution in [3.05, 3.63) is 0 Å². The lowest BCUT2D eigenvalue weighted by atomic mass is 10.2. The van der Waals surface area contributed by atoms with Crippen molar-refractivity contribution in [3.8, 4) is 6.07 Å². The van der Waals surface area contributed by atoms with Crippen molar-refractivity contribution >= 4 is 6.09 Å². The SMILES string of the molecule is CCN1C(=O)OCCC1C#N. The van der Waals surface area contributed by atoms with Crippen LogP contribution in [0.1, 0.15) is 13.3 Å². The number of amides is 1.